The maximum atomic E-state index is 12.1. The Hall–Kier alpha value is -1.59. The monoisotopic (exact) mass is 334 g/mol. The number of nitrogens with one attached hydrogen (secondary N) is 1. The zero-order chi connectivity index (χ0) is 17.5. The Balaban J connectivity index is 1.87. The van der Waals surface area contributed by atoms with Crippen LogP contribution in [-0.2, 0) is 11.3 Å². The number of hydrogen-bond acceptors (Lipinski definition) is 4. The van der Waals surface area contributed by atoms with Crippen molar-refractivity contribution in [2.24, 2.45) is 5.92 Å². The van der Waals surface area contributed by atoms with E-state index in [4.69, 9.17) is 4.74 Å². The number of amides is 1. The topological polar surface area (TPSA) is 61.8 Å². The number of carbonyl (C=O) groups is 1. The molecule has 3 unspecified atom stereocenters. The lowest BCUT2D eigenvalue weighted by Gasteiger charge is -2.41. The maximum Gasteiger partial charge on any atom is 0.407 e. The van der Waals surface area contributed by atoms with E-state index < -0.39 is 0 Å². The van der Waals surface area contributed by atoms with Crippen molar-refractivity contribution in [2.45, 2.75) is 58.4 Å². The molecule has 1 aromatic rings. The molecule has 1 aliphatic heterocycles. The van der Waals surface area contributed by atoms with Crippen molar-refractivity contribution in [3.8, 4) is 0 Å². The maximum absolute atomic E-state index is 12.1. The quantitative estimate of drug-likeness (QED) is 0.840. The van der Waals surface area contributed by atoms with Crippen LogP contribution in [0.2, 0.25) is 0 Å². The molecule has 134 valence electrons. The van der Waals surface area contributed by atoms with E-state index in [1.807, 2.05) is 37.3 Å². The van der Waals surface area contributed by atoms with Crippen molar-refractivity contribution >= 4 is 6.09 Å². The number of likely N-dealkylation sites (tertiary alicyclic amines) is 1. The summed E-state index contributed by atoms with van der Waals surface area (Å²) in [6, 6.07) is 10.1. The Morgan fingerprint density at radius 1 is 1.33 bits per heavy atom. The number of ether oxygens (including phenoxy) is 1. The molecule has 0 aliphatic carbocycles. The highest BCUT2D eigenvalue weighted by Crippen LogP contribution is 2.23. The number of benzene rings is 1. The van der Waals surface area contributed by atoms with Crippen molar-refractivity contribution < 1.29 is 14.6 Å². The average molecular weight is 334 g/mol. The Kier molecular flexibility index (Phi) is 7.06. The molecule has 0 radical (unpaired) electrons. The van der Waals surface area contributed by atoms with Crippen LogP contribution in [-0.4, -0.2) is 47.4 Å². The highest BCUT2D eigenvalue weighted by atomic mass is 16.5. The van der Waals surface area contributed by atoms with Crippen molar-refractivity contribution in [3.63, 3.8) is 0 Å². The number of carbonyl (C=O) groups excluding carboxylic acids is 1. The van der Waals surface area contributed by atoms with Gasteiger partial charge in [0, 0.05) is 25.2 Å². The molecule has 1 heterocycles. The summed E-state index contributed by atoms with van der Waals surface area (Å²) in [6.45, 7) is 8.23. The third-order valence-corrected chi connectivity index (χ3v) is 4.74. The van der Waals surface area contributed by atoms with E-state index in [0.29, 0.717) is 6.04 Å². The molecule has 1 amide bonds. The third kappa shape index (κ3) is 5.49. The van der Waals surface area contributed by atoms with Crippen LogP contribution in [0.15, 0.2) is 30.3 Å². The molecule has 2 N–H and O–H groups in total. The van der Waals surface area contributed by atoms with Crippen molar-refractivity contribution in [1.82, 2.24) is 10.2 Å². The first-order valence-electron chi connectivity index (χ1n) is 8.89. The summed E-state index contributed by atoms with van der Waals surface area (Å²) < 4.78 is 5.32. The first kappa shape index (κ1) is 18.7. The standard InChI is InChI=1S/C19H30N2O3/c1-4-18(22)16-10-17(12-21(11-16)14(2)3)20-19(23)24-13-15-8-6-5-7-9-15/h5-9,14,16-18,22H,4,10-13H2,1-3H3,(H,20,23). The van der Waals surface area contributed by atoms with Crippen molar-refractivity contribution in [2.75, 3.05) is 13.1 Å². The van der Waals surface area contributed by atoms with Gasteiger partial charge in [0.15, 0.2) is 0 Å². The summed E-state index contributed by atoms with van der Waals surface area (Å²) in [6.07, 6.45) is 0.816. The molecule has 1 aliphatic rings. The summed E-state index contributed by atoms with van der Waals surface area (Å²) in [5, 5.41) is 13.2. The van der Waals surface area contributed by atoms with E-state index in [-0.39, 0.29) is 30.8 Å². The smallest absolute Gasteiger partial charge is 0.407 e. The van der Waals surface area contributed by atoms with Crippen LogP contribution in [0.1, 0.15) is 39.2 Å². The number of aliphatic hydroxyl groups excluding tert-OH is 1. The van der Waals surface area contributed by atoms with Crippen LogP contribution in [0, 0.1) is 5.92 Å². The summed E-state index contributed by atoms with van der Waals surface area (Å²) >= 11 is 0. The van der Waals surface area contributed by atoms with E-state index in [2.05, 4.69) is 24.1 Å². The van der Waals surface area contributed by atoms with Gasteiger partial charge in [-0.2, -0.15) is 0 Å². The Morgan fingerprint density at radius 2 is 2.04 bits per heavy atom. The second-order valence-corrected chi connectivity index (χ2v) is 6.92. The predicted molar refractivity (Wildman–Crippen MR) is 94.7 cm³/mol. The Labute approximate surface area is 145 Å². The molecule has 0 bridgehead atoms. The fourth-order valence-electron chi connectivity index (χ4n) is 3.24. The molecule has 24 heavy (non-hydrogen) atoms. The van der Waals surface area contributed by atoms with Gasteiger partial charge in [0.05, 0.1) is 6.10 Å². The largest absolute Gasteiger partial charge is 0.445 e. The normalized spacial score (nSPS) is 23.0. The summed E-state index contributed by atoms with van der Waals surface area (Å²) in [5.41, 5.74) is 0.972. The van der Waals surface area contributed by atoms with Gasteiger partial charge in [-0.3, -0.25) is 4.90 Å². The van der Waals surface area contributed by atoms with Gasteiger partial charge in [-0.1, -0.05) is 37.3 Å². The number of aliphatic hydroxyl groups is 1. The number of alkyl carbamates (subject to hydrolysis) is 1. The molecule has 5 nitrogen and oxygen atoms in total. The predicted octanol–water partition coefficient (Wildman–Crippen LogP) is 2.78. The highest BCUT2D eigenvalue weighted by Gasteiger charge is 2.32. The first-order chi connectivity index (χ1) is 11.5. The molecule has 5 heteroatoms. The van der Waals surface area contributed by atoms with Crippen LogP contribution in [0.25, 0.3) is 0 Å². The average Bonchev–Trinajstić information content (AvgIpc) is 2.59. The van der Waals surface area contributed by atoms with Crippen LogP contribution in [0.3, 0.4) is 0 Å². The number of nitrogens with zero attached hydrogens (tertiary/aromatic N) is 1. The molecule has 1 saturated heterocycles. The fourth-order valence-corrected chi connectivity index (χ4v) is 3.24. The minimum absolute atomic E-state index is 0.00984. The summed E-state index contributed by atoms with van der Waals surface area (Å²) in [5.74, 6) is 0.186. The zero-order valence-corrected chi connectivity index (χ0v) is 14.9. The van der Waals surface area contributed by atoms with Gasteiger partial charge in [0.1, 0.15) is 6.61 Å². The van der Waals surface area contributed by atoms with Gasteiger partial charge in [0.25, 0.3) is 0 Å². The second kappa shape index (κ2) is 9.04. The molecule has 1 fully saturated rings. The molecular weight excluding hydrogens is 304 g/mol. The molecule has 2 rings (SSSR count). The Morgan fingerprint density at radius 3 is 2.67 bits per heavy atom. The van der Waals surface area contributed by atoms with Crippen LogP contribution < -0.4 is 5.32 Å². The van der Waals surface area contributed by atoms with Crippen molar-refractivity contribution in [1.29, 1.82) is 0 Å². The van der Waals surface area contributed by atoms with Gasteiger partial charge in [-0.15, -0.1) is 0 Å². The fraction of sp³-hybridized carbons (Fsp3) is 0.632. The van der Waals surface area contributed by atoms with Crippen LogP contribution in [0.4, 0.5) is 4.79 Å². The highest BCUT2D eigenvalue weighted by molar-refractivity contribution is 5.67. The Bertz CT molecular complexity index is 507. The summed E-state index contributed by atoms with van der Waals surface area (Å²) in [7, 11) is 0. The van der Waals surface area contributed by atoms with Crippen molar-refractivity contribution in [3.05, 3.63) is 35.9 Å². The zero-order valence-electron chi connectivity index (χ0n) is 14.9. The first-order valence-corrected chi connectivity index (χ1v) is 8.89. The van der Waals surface area contributed by atoms with E-state index >= 15 is 0 Å². The van der Waals surface area contributed by atoms with E-state index in [9.17, 15) is 9.90 Å². The van der Waals surface area contributed by atoms with Crippen LogP contribution in [0.5, 0.6) is 0 Å². The molecule has 0 aromatic heterocycles. The van der Waals surface area contributed by atoms with Gasteiger partial charge in [-0.05, 0) is 38.2 Å². The van der Waals surface area contributed by atoms with Gasteiger partial charge >= 0.3 is 6.09 Å². The van der Waals surface area contributed by atoms with E-state index in [1.54, 1.807) is 0 Å². The van der Waals surface area contributed by atoms with E-state index in [1.165, 1.54) is 0 Å². The molecule has 3 atom stereocenters. The number of hydrogen-bond donors (Lipinski definition) is 2. The van der Waals surface area contributed by atoms with Gasteiger partial charge < -0.3 is 15.2 Å². The second-order valence-electron chi connectivity index (χ2n) is 6.92. The lowest BCUT2D eigenvalue weighted by Crippen LogP contribution is -2.54. The minimum Gasteiger partial charge on any atom is -0.445 e. The third-order valence-electron chi connectivity index (χ3n) is 4.74. The lowest BCUT2D eigenvalue weighted by molar-refractivity contribution is 0.0234. The SMILES string of the molecule is CCC(O)C1CC(NC(=O)OCc2ccccc2)CN(C(C)C)C1. The number of rotatable bonds is 6. The lowest BCUT2D eigenvalue weighted by atomic mass is 9.88. The van der Waals surface area contributed by atoms with Crippen LogP contribution >= 0.6 is 0 Å². The molecule has 0 spiro atoms. The van der Waals surface area contributed by atoms with Gasteiger partial charge in [0.2, 0.25) is 0 Å². The molecule has 1 aromatic carbocycles. The number of piperidine rings is 1. The molecular formula is C19H30N2O3. The summed E-state index contributed by atoms with van der Waals surface area (Å²) in [4.78, 5) is 14.4. The minimum atomic E-state index is -0.390. The van der Waals surface area contributed by atoms with E-state index in [0.717, 1.165) is 31.5 Å². The van der Waals surface area contributed by atoms with Gasteiger partial charge in [-0.25, -0.2) is 4.79 Å². The molecule has 0 saturated carbocycles.